The van der Waals surface area contributed by atoms with E-state index in [4.69, 9.17) is 4.98 Å². The summed E-state index contributed by atoms with van der Waals surface area (Å²) in [5.41, 5.74) is 3.61. The molecular weight excluding hydrogens is 534 g/mol. The van der Waals surface area contributed by atoms with Crippen LogP contribution in [0.2, 0.25) is 0 Å². The Morgan fingerprint density at radius 2 is 1.32 bits per heavy atom. The van der Waals surface area contributed by atoms with Gasteiger partial charge < -0.3 is 0 Å². The third-order valence-electron chi connectivity index (χ3n) is 7.09. The number of fused-ring (bicyclic) bond motifs is 2. The molecule has 8 nitrogen and oxygen atoms in total. The van der Waals surface area contributed by atoms with Crippen LogP contribution in [-0.2, 0) is 6.42 Å². The molecule has 198 valence electrons. The average Bonchev–Trinajstić information content (AvgIpc) is 3.60. The smallest absolute Gasteiger partial charge is 0.268 e. The minimum absolute atomic E-state index is 0.207. The van der Waals surface area contributed by atoms with Crippen LogP contribution in [0.3, 0.4) is 0 Å². The maximum absolute atomic E-state index is 14.1. The van der Waals surface area contributed by atoms with Gasteiger partial charge in [0.25, 0.3) is 17.4 Å². The van der Waals surface area contributed by atoms with Gasteiger partial charge >= 0.3 is 0 Å². The molecule has 1 aliphatic heterocycles. The molecule has 2 amide bonds. The summed E-state index contributed by atoms with van der Waals surface area (Å²) in [6.45, 7) is 0.207. The van der Waals surface area contributed by atoms with Crippen LogP contribution in [-0.4, -0.2) is 43.0 Å². The fourth-order valence-corrected chi connectivity index (χ4v) is 5.88. The average molecular weight is 556 g/mol. The zero-order valence-corrected chi connectivity index (χ0v) is 22.4. The monoisotopic (exact) mass is 555 g/mol. The zero-order chi connectivity index (χ0) is 27.9. The van der Waals surface area contributed by atoms with Gasteiger partial charge in [-0.2, -0.15) is 0 Å². The number of carbonyl (C=O) groups is 2. The van der Waals surface area contributed by atoms with E-state index in [2.05, 4.69) is 10.2 Å². The van der Waals surface area contributed by atoms with Gasteiger partial charge in [0.15, 0.2) is 0 Å². The second kappa shape index (κ2) is 10.0. The number of imide groups is 1. The fraction of sp³-hybridized carbons (Fsp3) is 0.0625. The summed E-state index contributed by atoms with van der Waals surface area (Å²) >= 11 is 1.32. The van der Waals surface area contributed by atoms with E-state index in [1.54, 1.807) is 36.4 Å². The number of hydrogen-bond acceptors (Lipinski definition) is 7. The highest BCUT2D eigenvalue weighted by molar-refractivity contribution is 7.17. The van der Waals surface area contributed by atoms with E-state index in [-0.39, 0.29) is 23.9 Å². The van der Waals surface area contributed by atoms with Gasteiger partial charge in [-0.05, 0) is 36.2 Å². The van der Waals surface area contributed by atoms with Gasteiger partial charge in [0.2, 0.25) is 5.13 Å². The molecule has 0 unspecified atom stereocenters. The Morgan fingerprint density at radius 1 is 0.683 bits per heavy atom. The van der Waals surface area contributed by atoms with E-state index in [1.165, 1.54) is 20.8 Å². The maximum Gasteiger partial charge on any atom is 0.268 e. The highest BCUT2D eigenvalue weighted by atomic mass is 32.1. The zero-order valence-electron chi connectivity index (χ0n) is 21.6. The van der Waals surface area contributed by atoms with Crippen molar-refractivity contribution in [3.63, 3.8) is 0 Å². The van der Waals surface area contributed by atoms with E-state index in [0.717, 1.165) is 16.7 Å². The number of rotatable bonds is 6. The normalized spacial score (nSPS) is 12.7. The van der Waals surface area contributed by atoms with Crippen molar-refractivity contribution >= 4 is 34.1 Å². The largest absolute Gasteiger partial charge is 0.274 e. The Hall–Kier alpha value is -5.28. The van der Waals surface area contributed by atoms with E-state index in [0.29, 0.717) is 44.4 Å². The maximum atomic E-state index is 14.1. The van der Waals surface area contributed by atoms with Crippen molar-refractivity contribution in [1.82, 2.24) is 24.6 Å². The summed E-state index contributed by atoms with van der Waals surface area (Å²) < 4.78 is 1.51. The molecule has 0 atom stereocenters. The highest BCUT2D eigenvalue weighted by Gasteiger charge is 2.34. The lowest BCUT2D eigenvalue weighted by Gasteiger charge is -2.14. The third-order valence-corrected chi connectivity index (χ3v) is 8.05. The molecule has 4 aromatic carbocycles. The number of hydrogen-bond donors (Lipinski definition) is 0. The molecule has 0 bridgehead atoms. The topological polar surface area (TPSA) is 98.1 Å². The number of amides is 2. The summed E-state index contributed by atoms with van der Waals surface area (Å²) in [6, 6.07) is 31.5. The van der Waals surface area contributed by atoms with E-state index in [9.17, 15) is 14.4 Å². The van der Waals surface area contributed by atoms with Crippen LogP contribution in [0.1, 0.15) is 26.3 Å². The lowest BCUT2D eigenvalue weighted by molar-refractivity contribution is 0.0656. The molecule has 1 aliphatic rings. The standard InChI is InChI=1S/C32H21N5O3S/c38-29-23-13-7-8-14-24(23)30(39)36(29)18-17-20-15-16-26-25(19-20)31(40)37(27(33-26)21-9-3-1-4-10-21)32-35-34-28(41-32)22-11-5-2-6-12-22/h1-16,19H,17-18H2. The van der Waals surface area contributed by atoms with Gasteiger partial charge in [-0.15, -0.1) is 10.2 Å². The molecule has 0 saturated carbocycles. The van der Waals surface area contributed by atoms with Gasteiger partial charge in [-0.25, -0.2) is 9.55 Å². The Kier molecular flexibility index (Phi) is 6.06. The Morgan fingerprint density at radius 3 is 2.00 bits per heavy atom. The number of aromatic nitrogens is 4. The first kappa shape index (κ1) is 24.7. The van der Waals surface area contributed by atoms with Crippen LogP contribution >= 0.6 is 11.3 Å². The molecule has 0 N–H and O–H groups in total. The molecular formula is C32H21N5O3S. The first-order valence-corrected chi connectivity index (χ1v) is 13.9. The molecule has 7 rings (SSSR count). The van der Waals surface area contributed by atoms with Crippen molar-refractivity contribution in [2.75, 3.05) is 6.54 Å². The summed E-state index contributed by atoms with van der Waals surface area (Å²) in [5, 5.41) is 10.3. The number of carbonyl (C=O) groups excluding carboxylic acids is 2. The first-order valence-electron chi connectivity index (χ1n) is 13.0. The second-order valence-electron chi connectivity index (χ2n) is 9.61. The summed E-state index contributed by atoms with van der Waals surface area (Å²) in [6.07, 6.45) is 0.401. The predicted molar refractivity (Wildman–Crippen MR) is 157 cm³/mol. The third kappa shape index (κ3) is 4.32. The van der Waals surface area contributed by atoms with E-state index >= 15 is 0 Å². The van der Waals surface area contributed by atoms with Gasteiger partial charge in [0, 0.05) is 17.7 Å². The molecule has 41 heavy (non-hydrogen) atoms. The summed E-state index contributed by atoms with van der Waals surface area (Å²) in [7, 11) is 0. The lowest BCUT2D eigenvalue weighted by Crippen LogP contribution is -2.31. The highest BCUT2D eigenvalue weighted by Crippen LogP contribution is 2.29. The molecule has 0 radical (unpaired) electrons. The van der Waals surface area contributed by atoms with Crippen LogP contribution < -0.4 is 5.56 Å². The first-order chi connectivity index (χ1) is 20.1. The van der Waals surface area contributed by atoms with Crippen LogP contribution in [0.5, 0.6) is 0 Å². The fourth-order valence-electron chi connectivity index (χ4n) is 5.03. The van der Waals surface area contributed by atoms with Crippen LogP contribution in [0.4, 0.5) is 0 Å². The molecule has 6 aromatic rings. The van der Waals surface area contributed by atoms with Gasteiger partial charge in [-0.1, -0.05) is 90.2 Å². The molecule has 0 fully saturated rings. The number of nitrogens with zero attached hydrogens (tertiary/aromatic N) is 5. The van der Waals surface area contributed by atoms with Gasteiger partial charge in [-0.3, -0.25) is 19.3 Å². The van der Waals surface area contributed by atoms with Crippen LogP contribution in [0.25, 0.3) is 38.0 Å². The van der Waals surface area contributed by atoms with E-state index < -0.39 is 0 Å². The Bertz CT molecular complexity index is 1980. The molecule has 2 aromatic heterocycles. The molecule has 0 saturated heterocycles. The van der Waals surface area contributed by atoms with Gasteiger partial charge in [0.1, 0.15) is 10.8 Å². The lowest BCUT2D eigenvalue weighted by atomic mass is 10.1. The Balaban J connectivity index is 1.28. The molecule has 0 spiro atoms. The minimum Gasteiger partial charge on any atom is -0.274 e. The van der Waals surface area contributed by atoms with Crippen molar-refractivity contribution < 1.29 is 9.59 Å². The SMILES string of the molecule is O=C1c2ccccc2C(=O)N1CCc1ccc2nc(-c3ccccc3)n(-c3nnc(-c4ccccc4)s3)c(=O)c2c1. The van der Waals surface area contributed by atoms with Crippen LogP contribution in [0.15, 0.2) is 108 Å². The molecule has 3 heterocycles. The predicted octanol–water partition coefficient (Wildman–Crippen LogP) is 5.41. The van der Waals surface area contributed by atoms with Crippen molar-refractivity contribution in [1.29, 1.82) is 0 Å². The van der Waals surface area contributed by atoms with E-state index in [1.807, 2.05) is 66.7 Å². The van der Waals surface area contributed by atoms with Crippen molar-refractivity contribution in [2.24, 2.45) is 0 Å². The molecule has 0 aliphatic carbocycles. The second-order valence-corrected chi connectivity index (χ2v) is 10.6. The summed E-state index contributed by atoms with van der Waals surface area (Å²) in [5.74, 6) is -0.126. The Labute approximate surface area is 238 Å². The van der Waals surface area contributed by atoms with Crippen molar-refractivity contribution in [2.45, 2.75) is 6.42 Å². The minimum atomic E-state index is -0.298. The molecule has 9 heteroatoms. The quantitative estimate of drug-likeness (QED) is 0.255. The summed E-state index contributed by atoms with van der Waals surface area (Å²) in [4.78, 5) is 45.8. The van der Waals surface area contributed by atoms with Crippen LogP contribution in [0, 0.1) is 0 Å². The number of benzene rings is 4. The van der Waals surface area contributed by atoms with Crippen molar-refractivity contribution in [3.8, 4) is 27.1 Å². The van der Waals surface area contributed by atoms with Crippen molar-refractivity contribution in [3.05, 3.63) is 130 Å². The van der Waals surface area contributed by atoms with Gasteiger partial charge in [0.05, 0.1) is 22.0 Å².